The van der Waals surface area contributed by atoms with Gasteiger partial charge >= 0.3 is 5.97 Å². The highest BCUT2D eigenvalue weighted by molar-refractivity contribution is 6.04. The number of methoxy groups -OCH3 is 4. The van der Waals surface area contributed by atoms with Crippen molar-refractivity contribution in [2.75, 3.05) is 41.7 Å². The lowest BCUT2D eigenvalue weighted by Crippen LogP contribution is -2.36. The van der Waals surface area contributed by atoms with E-state index < -0.39 is 11.9 Å². The number of allylic oxidation sites excluding steroid dienone is 3. The molecule has 1 N–H and O–H groups in total. The van der Waals surface area contributed by atoms with Crippen LogP contribution in [0, 0.1) is 0 Å². The molecule has 196 valence electrons. The molecule has 0 saturated carbocycles. The number of para-hydroxylation sites is 1. The summed E-state index contributed by atoms with van der Waals surface area (Å²) in [5, 5.41) is 3.37. The van der Waals surface area contributed by atoms with Gasteiger partial charge in [0.15, 0.2) is 17.3 Å². The summed E-state index contributed by atoms with van der Waals surface area (Å²) in [5.74, 6) is 0.675. The van der Waals surface area contributed by atoms with E-state index in [2.05, 4.69) is 5.32 Å². The van der Waals surface area contributed by atoms with Gasteiger partial charge in [-0.25, -0.2) is 4.79 Å². The maximum absolute atomic E-state index is 13.8. The van der Waals surface area contributed by atoms with Crippen molar-refractivity contribution in [3.8, 4) is 17.2 Å². The van der Waals surface area contributed by atoms with E-state index in [0.29, 0.717) is 46.9 Å². The SMILES string of the molecule is COCCOC(=O)C1=C(C)NC2=C(C(=O)C[C@@H](c3ccc(OC)c(OC)c3)C2)[C@@H]1c1ccccc1OC. The summed E-state index contributed by atoms with van der Waals surface area (Å²) >= 11 is 0. The molecule has 0 radical (unpaired) electrons. The lowest BCUT2D eigenvalue weighted by Gasteiger charge is -2.37. The number of ketones is 1. The number of hydrogen-bond acceptors (Lipinski definition) is 8. The van der Waals surface area contributed by atoms with E-state index in [-0.39, 0.29) is 24.9 Å². The van der Waals surface area contributed by atoms with Gasteiger partial charge in [-0.05, 0) is 43.0 Å². The molecule has 1 heterocycles. The summed E-state index contributed by atoms with van der Waals surface area (Å²) in [6.07, 6.45) is 0.901. The quantitative estimate of drug-likeness (QED) is 0.398. The van der Waals surface area contributed by atoms with E-state index in [0.717, 1.165) is 16.8 Å². The zero-order chi connectivity index (χ0) is 26.5. The number of benzene rings is 2. The molecule has 2 atom stereocenters. The van der Waals surface area contributed by atoms with Crippen molar-refractivity contribution in [2.24, 2.45) is 0 Å². The van der Waals surface area contributed by atoms with Gasteiger partial charge in [0.1, 0.15) is 12.4 Å². The van der Waals surface area contributed by atoms with Gasteiger partial charge in [-0.15, -0.1) is 0 Å². The Bertz CT molecular complexity index is 1250. The van der Waals surface area contributed by atoms with Crippen LogP contribution in [0.3, 0.4) is 0 Å². The van der Waals surface area contributed by atoms with Gasteiger partial charge in [-0.3, -0.25) is 4.79 Å². The molecule has 0 saturated heterocycles. The van der Waals surface area contributed by atoms with Crippen molar-refractivity contribution >= 4 is 11.8 Å². The Morgan fingerprint density at radius 1 is 0.919 bits per heavy atom. The van der Waals surface area contributed by atoms with E-state index >= 15 is 0 Å². The van der Waals surface area contributed by atoms with Gasteiger partial charge in [-0.2, -0.15) is 0 Å². The van der Waals surface area contributed by atoms with E-state index in [1.807, 2.05) is 49.4 Å². The van der Waals surface area contributed by atoms with Crippen molar-refractivity contribution in [3.05, 3.63) is 76.1 Å². The van der Waals surface area contributed by atoms with Crippen LogP contribution in [0.25, 0.3) is 0 Å². The summed E-state index contributed by atoms with van der Waals surface area (Å²) < 4.78 is 27.0. The summed E-state index contributed by atoms with van der Waals surface area (Å²) in [6, 6.07) is 13.2. The Kier molecular flexibility index (Phi) is 8.18. The molecule has 37 heavy (non-hydrogen) atoms. The highest BCUT2D eigenvalue weighted by Crippen LogP contribution is 2.48. The van der Waals surface area contributed by atoms with Crippen LogP contribution < -0.4 is 19.5 Å². The molecule has 1 aliphatic heterocycles. The Hall–Kier alpha value is -3.78. The molecular weight excluding hydrogens is 474 g/mol. The van der Waals surface area contributed by atoms with Crippen molar-refractivity contribution in [2.45, 2.75) is 31.6 Å². The van der Waals surface area contributed by atoms with Crippen molar-refractivity contribution in [1.82, 2.24) is 5.32 Å². The minimum Gasteiger partial charge on any atom is -0.496 e. The molecule has 2 aromatic carbocycles. The van der Waals surface area contributed by atoms with Crippen LogP contribution in [0.15, 0.2) is 65.0 Å². The number of carbonyl (C=O) groups is 2. The standard InChI is InChI=1S/C29H33NO7/c1-17-26(29(32)37-13-12-33-2)27(20-8-6-7-9-23(20)34-3)28-21(30-17)14-19(15-22(28)31)18-10-11-24(35-4)25(16-18)36-5/h6-11,16,19,27,30H,12-15H2,1-5H3/t19-,27+/m0/s1. The van der Waals surface area contributed by atoms with Gasteiger partial charge in [-0.1, -0.05) is 24.3 Å². The van der Waals surface area contributed by atoms with Crippen LogP contribution in [0.4, 0.5) is 0 Å². The molecule has 2 aromatic rings. The first kappa shape index (κ1) is 26.3. The number of ether oxygens (including phenoxy) is 5. The third-order valence-electron chi connectivity index (χ3n) is 6.90. The molecule has 0 unspecified atom stereocenters. The first-order valence-corrected chi connectivity index (χ1v) is 12.2. The third-order valence-corrected chi connectivity index (χ3v) is 6.90. The second-order valence-corrected chi connectivity index (χ2v) is 9.00. The second kappa shape index (κ2) is 11.5. The fraction of sp³-hybridized carbons (Fsp3) is 0.379. The number of nitrogens with one attached hydrogen (secondary N) is 1. The first-order chi connectivity index (χ1) is 17.9. The normalized spacial score (nSPS) is 19.2. The lowest BCUT2D eigenvalue weighted by atomic mass is 9.71. The average molecular weight is 508 g/mol. The molecule has 0 aromatic heterocycles. The third kappa shape index (κ3) is 5.20. The minimum atomic E-state index is -0.610. The van der Waals surface area contributed by atoms with Crippen LogP contribution in [0.1, 0.15) is 42.7 Å². The van der Waals surface area contributed by atoms with Crippen LogP contribution in [-0.2, 0) is 19.1 Å². The number of esters is 1. The van der Waals surface area contributed by atoms with E-state index in [4.69, 9.17) is 23.7 Å². The van der Waals surface area contributed by atoms with Crippen molar-refractivity contribution in [3.63, 3.8) is 0 Å². The van der Waals surface area contributed by atoms with Gasteiger partial charge in [0, 0.05) is 36.1 Å². The molecule has 8 heteroatoms. The van der Waals surface area contributed by atoms with Crippen LogP contribution in [0.5, 0.6) is 17.2 Å². The van der Waals surface area contributed by atoms with Crippen molar-refractivity contribution in [1.29, 1.82) is 0 Å². The Morgan fingerprint density at radius 2 is 1.65 bits per heavy atom. The number of hydrogen-bond donors (Lipinski definition) is 1. The number of carbonyl (C=O) groups excluding carboxylic acids is 2. The zero-order valence-electron chi connectivity index (χ0n) is 21.9. The predicted octanol–water partition coefficient (Wildman–Crippen LogP) is 4.26. The number of Topliss-reactive ketones (excluding diaryl/α,β-unsaturated/α-hetero) is 1. The summed E-state index contributed by atoms with van der Waals surface area (Å²) in [5.41, 5.74) is 4.16. The summed E-state index contributed by atoms with van der Waals surface area (Å²) in [6.45, 7) is 2.24. The maximum atomic E-state index is 13.8. The highest BCUT2D eigenvalue weighted by Gasteiger charge is 2.42. The zero-order valence-corrected chi connectivity index (χ0v) is 21.9. The lowest BCUT2D eigenvalue weighted by molar-refractivity contribution is -0.140. The monoisotopic (exact) mass is 507 g/mol. The smallest absolute Gasteiger partial charge is 0.336 e. The number of rotatable bonds is 9. The second-order valence-electron chi connectivity index (χ2n) is 9.00. The topological polar surface area (TPSA) is 92.3 Å². The minimum absolute atomic E-state index is 0.0286. The number of dihydropyridines is 1. The highest BCUT2D eigenvalue weighted by atomic mass is 16.6. The van der Waals surface area contributed by atoms with Crippen LogP contribution in [-0.4, -0.2) is 53.4 Å². The van der Waals surface area contributed by atoms with E-state index in [9.17, 15) is 9.59 Å². The Balaban J connectivity index is 1.77. The molecule has 0 fully saturated rings. The largest absolute Gasteiger partial charge is 0.496 e. The summed E-state index contributed by atoms with van der Waals surface area (Å²) in [7, 11) is 6.31. The van der Waals surface area contributed by atoms with Crippen LogP contribution >= 0.6 is 0 Å². The van der Waals surface area contributed by atoms with Crippen molar-refractivity contribution < 1.29 is 33.3 Å². The fourth-order valence-corrected chi connectivity index (χ4v) is 5.16. The van der Waals surface area contributed by atoms with Gasteiger partial charge in [0.25, 0.3) is 0 Å². The molecule has 1 aliphatic carbocycles. The molecular formula is C29H33NO7. The molecule has 4 rings (SSSR count). The molecule has 0 bridgehead atoms. The van der Waals surface area contributed by atoms with Gasteiger partial charge in [0.2, 0.25) is 0 Å². The molecule has 8 nitrogen and oxygen atoms in total. The first-order valence-electron chi connectivity index (χ1n) is 12.2. The Morgan fingerprint density at radius 3 is 2.35 bits per heavy atom. The molecule has 2 aliphatic rings. The van der Waals surface area contributed by atoms with Gasteiger partial charge in [0.05, 0.1) is 39.4 Å². The fourth-order valence-electron chi connectivity index (χ4n) is 5.16. The van der Waals surface area contributed by atoms with E-state index in [1.54, 1.807) is 28.4 Å². The van der Waals surface area contributed by atoms with Gasteiger partial charge < -0.3 is 29.0 Å². The molecule has 0 amide bonds. The Labute approximate surface area is 217 Å². The average Bonchev–Trinajstić information content (AvgIpc) is 2.91. The van der Waals surface area contributed by atoms with E-state index in [1.165, 1.54) is 0 Å². The molecule has 0 spiro atoms. The summed E-state index contributed by atoms with van der Waals surface area (Å²) in [4.78, 5) is 27.1. The maximum Gasteiger partial charge on any atom is 0.336 e. The van der Waals surface area contributed by atoms with Crippen LogP contribution in [0.2, 0.25) is 0 Å². The predicted molar refractivity (Wildman–Crippen MR) is 138 cm³/mol.